The fourth-order valence-corrected chi connectivity index (χ4v) is 2.59. The number of aromatic amines is 1. The molecule has 1 heterocycles. The standard InChI is InChI=1S/C16H17N3O5/c20-12(17-9-16(6-7-16)15(23)24)5-8-19-14(22)11-4-2-1-3-10(11)13(21)18-19/h1-4H,5-9H2,(H,17,20)(H,18,21)(H,23,24). The number of benzene rings is 1. The van der Waals surface area contributed by atoms with Crippen LogP contribution in [-0.2, 0) is 16.1 Å². The van der Waals surface area contributed by atoms with Crippen LogP contribution in [0, 0.1) is 5.41 Å². The normalized spacial score (nSPS) is 15.2. The summed E-state index contributed by atoms with van der Waals surface area (Å²) in [5.74, 6) is -1.26. The van der Waals surface area contributed by atoms with E-state index >= 15 is 0 Å². The molecule has 126 valence electrons. The number of hydrogen-bond donors (Lipinski definition) is 3. The highest BCUT2D eigenvalue weighted by Gasteiger charge is 2.50. The van der Waals surface area contributed by atoms with Gasteiger partial charge in [0.15, 0.2) is 0 Å². The van der Waals surface area contributed by atoms with E-state index in [0.717, 1.165) is 4.68 Å². The van der Waals surface area contributed by atoms with Gasteiger partial charge in [0.2, 0.25) is 5.91 Å². The molecule has 3 rings (SSSR count). The van der Waals surface area contributed by atoms with Gasteiger partial charge in [-0.05, 0) is 25.0 Å². The molecule has 1 saturated carbocycles. The molecule has 8 heteroatoms. The number of aliphatic carboxylic acids is 1. The third-order valence-corrected chi connectivity index (χ3v) is 4.38. The predicted octanol–water partition coefficient (Wildman–Crippen LogP) is 0.0609. The van der Waals surface area contributed by atoms with E-state index in [9.17, 15) is 19.2 Å². The molecule has 1 aliphatic rings. The lowest BCUT2D eigenvalue weighted by Gasteiger charge is -2.11. The van der Waals surface area contributed by atoms with Gasteiger partial charge in [0.05, 0.1) is 22.7 Å². The lowest BCUT2D eigenvalue weighted by Crippen LogP contribution is -2.36. The number of carboxylic acid groups (broad SMARTS) is 1. The Labute approximate surface area is 136 Å². The van der Waals surface area contributed by atoms with Crippen LogP contribution < -0.4 is 16.4 Å². The van der Waals surface area contributed by atoms with Crippen molar-refractivity contribution in [3.63, 3.8) is 0 Å². The molecule has 24 heavy (non-hydrogen) atoms. The van der Waals surface area contributed by atoms with Crippen LogP contribution in [0.15, 0.2) is 33.9 Å². The first-order valence-electron chi connectivity index (χ1n) is 7.65. The molecule has 0 atom stereocenters. The largest absolute Gasteiger partial charge is 0.481 e. The molecule has 8 nitrogen and oxygen atoms in total. The number of aryl methyl sites for hydroxylation is 1. The summed E-state index contributed by atoms with van der Waals surface area (Å²) in [7, 11) is 0. The van der Waals surface area contributed by atoms with Crippen molar-refractivity contribution < 1.29 is 14.7 Å². The number of fused-ring (bicyclic) bond motifs is 1. The van der Waals surface area contributed by atoms with Gasteiger partial charge >= 0.3 is 5.97 Å². The van der Waals surface area contributed by atoms with E-state index in [2.05, 4.69) is 10.4 Å². The Morgan fingerprint density at radius 2 is 1.88 bits per heavy atom. The van der Waals surface area contributed by atoms with Crippen molar-refractivity contribution in [2.75, 3.05) is 6.54 Å². The second kappa shape index (κ2) is 5.95. The van der Waals surface area contributed by atoms with Crippen molar-refractivity contribution in [2.45, 2.75) is 25.8 Å². The smallest absolute Gasteiger partial charge is 0.311 e. The molecule has 2 aromatic rings. The zero-order valence-electron chi connectivity index (χ0n) is 12.9. The number of carbonyl (C=O) groups is 2. The van der Waals surface area contributed by atoms with Crippen molar-refractivity contribution in [1.29, 1.82) is 0 Å². The minimum Gasteiger partial charge on any atom is -0.481 e. The van der Waals surface area contributed by atoms with Gasteiger partial charge in [-0.1, -0.05) is 12.1 Å². The molecule has 0 saturated heterocycles. The minimum atomic E-state index is -0.905. The Morgan fingerprint density at radius 1 is 1.21 bits per heavy atom. The van der Waals surface area contributed by atoms with E-state index in [1.807, 2.05) is 0 Å². The maximum atomic E-state index is 12.3. The average molecular weight is 331 g/mol. The van der Waals surface area contributed by atoms with Gasteiger partial charge in [0.25, 0.3) is 11.1 Å². The van der Waals surface area contributed by atoms with Crippen molar-refractivity contribution in [3.8, 4) is 0 Å². The molecule has 1 fully saturated rings. The summed E-state index contributed by atoms with van der Waals surface area (Å²) < 4.78 is 1.11. The predicted molar refractivity (Wildman–Crippen MR) is 85.8 cm³/mol. The number of rotatable bonds is 6. The fourth-order valence-electron chi connectivity index (χ4n) is 2.59. The Kier molecular flexibility index (Phi) is 3.96. The number of nitrogens with zero attached hydrogens (tertiary/aromatic N) is 1. The van der Waals surface area contributed by atoms with E-state index < -0.39 is 16.9 Å². The highest BCUT2D eigenvalue weighted by atomic mass is 16.4. The maximum Gasteiger partial charge on any atom is 0.311 e. The molecule has 0 unspecified atom stereocenters. The van der Waals surface area contributed by atoms with Crippen molar-refractivity contribution >= 4 is 22.6 Å². The summed E-state index contributed by atoms with van der Waals surface area (Å²) in [5, 5.41) is 14.7. The number of H-pyrrole nitrogens is 1. The molecule has 0 aliphatic heterocycles. The zero-order valence-corrected chi connectivity index (χ0v) is 12.9. The SMILES string of the molecule is O=C(CCn1[nH]c(=O)c2ccccc2c1=O)NCC1(C(=O)O)CC1. The molecule has 3 N–H and O–H groups in total. The first kappa shape index (κ1) is 16.0. The van der Waals surface area contributed by atoms with Crippen LogP contribution >= 0.6 is 0 Å². The van der Waals surface area contributed by atoms with Gasteiger partial charge in [-0.3, -0.25) is 24.3 Å². The van der Waals surface area contributed by atoms with Crippen LogP contribution in [0.5, 0.6) is 0 Å². The van der Waals surface area contributed by atoms with Crippen LogP contribution in [0.4, 0.5) is 0 Å². The summed E-state index contributed by atoms with van der Waals surface area (Å²) in [6, 6.07) is 6.47. The molecular formula is C16H17N3O5. The molecule has 0 spiro atoms. The maximum absolute atomic E-state index is 12.3. The van der Waals surface area contributed by atoms with Gasteiger partial charge in [0, 0.05) is 13.0 Å². The summed E-state index contributed by atoms with van der Waals surface area (Å²) in [6.45, 7) is 0.106. The van der Waals surface area contributed by atoms with Crippen molar-refractivity contribution in [2.24, 2.45) is 5.41 Å². The Hall–Kier alpha value is -2.90. The number of carboxylic acids is 1. The molecule has 1 aromatic carbocycles. The van der Waals surface area contributed by atoms with Gasteiger partial charge in [-0.25, -0.2) is 4.68 Å². The van der Waals surface area contributed by atoms with Crippen molar-refractivity contribution in [1.82, 2.24) is 15.1 Å². The highest BCUT2D eigenvalue weighted by Crippen LogP contribution is 2.45. The second-order valence-electron chi connectivity index (χ2n) is 6.06. The molecular weight excluding hydrogens is 314 g/mol. The van der Waals surface area contributed by atoms with Crippen LogP contribution in [-0.4, -0.2) is 33.3 Å². The highest BCUT2D eigenvalue weighted by molar-refractivity contribution is 5.81. The Bertz CT molecular complexity index is 923. The summed E-state index contributed by atoms with van der Waals surface area (Å²) >= 11 is 0. The number of aromatic nitrogens is 2. The third kappa shape index (κ3) is 2.94. The lowest BCUT2D eigenvalue weighted by molar-refractivity contribution is -0.143. The number of hydrogen-bond acceptors (Lipinski definition) is 4. The van der Waals surface area contributed by atoms with Crippen LogP contribution in [0.2, 0.25) is 0 Å². The van der Waals surface area contributed by atoms with Gasteiger partial charge < -0.3 is 10.4 Å². The van der Waals surface area contributed by atoms with Gasteiger partial charge in [0.1, 0.15) is 0 Å². The van der Waals surface area contributed by atoms with E-state index in [1.165, 1.54) is 0 Å². The Morgan fingerprint density at radius 3 is 2.50 bits per heavy atom. The van der Waals surface area contributed by atoms with Crippen LogP contribution in [0.25, 0.3) is 10.8 Å². The van der Waals surface area contributed by atoms with Crippen molar-refractivity contribution in [3.05, 3.63) is 45.0 Å². The van der Waals surface area contributed by atoms with E-state index in [1.54, 1.807) is 24.3 Å². The monoisotopic (exact) mass is 331 g/mol. The summed E-state index contributed by atoms with van der Waals surface area (Å²) in [5.41, 5.74) is -1.60. The van der Waals surface area contributed by atoms with E-state index in [-0.39, 0.29) is 31.0 Å². The Balaban J connectivity index is 1.67. The quantitative estimate of drug-likeness (QED) is 0.691. The zero-order chi connectivity index (χ0) is 17.3. The first-order chi connectivity index (χ1) is 11.4. The van der Waals surface area contributed by atoms with E-state index in [0.29, 0.717) is 23.6 Å². The average Bonchev–Trinajstić information content (AvgIpc) is 3.36. The summed E-state index contributed by atoms with van der Waals surface area (Å²) in [6.07, 6.45) is 1.09. The molecule has 1 amide bonds. The minimum absolute atomic E-state index is 0.0187. The van der Waals surface area contributed by atoms with Gasteiger partial charge in [-0.2, -0.15) is 0 Å². The van der Waals surface area contributed by atoms with E-state index in [4.69, 9.17) is 5.11 Å². The molecule has 0 radical (unpaired) electrons. The topological polar surface area (TPSA) is 121 Å². The lowest BCUT2D eigenvalue weighted by atomic mass is 10.1. The third-order valence-electron chi connectivity index (χ3n) is 4.38. The second-order valence-corrected chi connectivity index (χ2v) is 6.06. The fraction of sp³-hybridized carbons (Fsp3) is 0.375. The molecule has 1 aromatic heterocycles. The molecule has 0 bridgehead atoms. The first-order valence-corrected chi connectivity index (χ1v) is 7.65. The van der Waals surface area contributed by atoms with Crippen LogP contribution in [0.1, 0.15) is 19.3 Å². The number of nitrogens with one attached hydrogen (secondary N) is 2. The van der Waals surface area contributed by atoms with Crippen LogP contribution in [0.3, 0.4) is 0 Å². The number of carbonyl (C=O) groups excluding carboxylic acids is 1. The summed E-state index contributed by atoms with van der Waals surface area (Å²) in [4.78, 5) is 47.2. The number of amides is 1. The van der Waals surface area contributed by atoms with Gasteiger partial charge in [-0.15, -0.1) is 0 Å². The molecule has 1 aliphatic carbocycles.